The topological polar surface area (TPSA) is 12.0 Å². The molecule has 0 heterocycles. The van der Waals surface area contributed by atoms with Crippen LogP contribution in [0.3, 0.4) is 0 Å². The van der Waals surface area contributed by atoms with Gasteiger partial charge in [-0.1, -0.05) is 16.3 Å². The fourth-order valence-electron chi connectivity index (χ4n) is 0.637. The molecule has 0 bridgehead atoms. The van der Waals surface area contributed by atoms with Crippen molar-refractivity contribution in [1.29, 1.82) is 0 Å². The van der Waals surface area contributed by atoms with Crippen LogP contribution in [0.2, 0.25) is 0 Å². The number of hydrogen-bond donors (Lipinski definition) is 1. The molecule has 7 heavy (non-hydrogen) atoms. The number of nitrogens with one attached hydrogen (secondary N) is 1. The molecule has 0 radical (unpaired) electrons. The standard InChI is InChI=1S/C5H12NP/c1-5(2-3-5)4-6-7/h6H,2-4,7H2,1H3. The average Bonchev–Trinajstić information content (AvgIpc) is 2.22. The van der Waals surface area contributed by atoms with Gasteiger partial charge in [-0.25, -0.2) is 0 Å². The highest BCUT2D eigenvalue weighted by atomic mass is 31.0. The van der Waals surface area contributed by atoms with E-state index in [9.17, 15) is 0 Å². The summed E-state index contributed by atoms with van der Waals surface area (Å²) in [6.07, 6.45) is 2.82. The van der Waals surface area contributed by atoms with Crippen LogP contribution in [0.15, 0.2) is 0 Å². The smallest absolute Gasteiger partial charge is 0.00396 e. The third kappa shape index (κ3) is 1.40. The van der Waals surface area contributed by atoms with Crippen LogP contribution >= 0.6 is 9.39 Å². The molecule has 1 atom stereocenters. The van der Waals surface area contributed by atoms with E-state index in [-0.39, 0.29) is 0 Å². The first kappa shape index (κ1) is 5.53. The molecule has 2 heteroatoms. The molecule has 0 saturated heterocycles. The maximum absolute atomic E-state index is 3.09. The third-order valence-electron chi connectivity index (χ3n) is 1.63. The second-order valence-electron chi connectivity index (χ2n) is 2.69. The summed E-state index contributed by atoms with van der Waals surface area (Å²) >= 11 is 0. The van der Waals surface area contributed by atoms with Crippen LogP contribution < -0.4 is 5.09 Å². The van der Waals surface area contributed by atoms with E-state index in [4.69, 9.17) is 0 Å². The van der Waals surface area contributed by atoms with Gasteiger partial charge in [0.2, 0.25) is 0 Å². The van der Waals surface area contributed by atoms with Gasteiger partial charge in [0, 0.05) is 6.54 Å². The van der Waals surface area contributed by atoms with Crippen molar-refractivity contribution in [2.45, 2.75) is 19.8 Å². The lowest BCUT2D eigenvalue weighted by molar-refractivity contribution is 0.568. The van der Waals surface area contributed by atoms with Crippen LogP contribution in [0.25, 0.3) is 0 Å². The minimum absolute atomic E-state index is 0.668. The predicted molar refractivity (Wildman–Crippen MR) is 35.1 cm³/mol. The quantitative estimate of drug-likeness (QED) is 0.535. The first-order valence-electron chi connectivity index (χ1n) is 2.70. The third-order valence-corrected chi connectivity index (χ3v) is 1.84. The molecule has 0 aromatic rings. The van der Waals surface area contributed by atoms with E-state index in [0.29, 0.717) is 5.41 Å². The van der Waals surface area contributed by atoms with Gasteiger partial charge >= 0.3 is 0 Å². The molecular weight excluding hydrogens is 105 g/mol. The Morgan fingerprint density at radius 2 is 2.29 bits per heavy atom. The highest BCUT2D eigenvalue weighted by Crippen LogP contribution is 2.44. The van der Waals surface area contributed by atoms with Gasteiger partial charge in [0.25, 0.3) is 0 Å². The summed E-state index contributed by atoms with van der Waals surface area (Å²) in [5.41, 5.74) is 0.668. The maximum Gasteiger partial charge on any atom is 0.00396 e. The van der Waals surface area contributed by atoms with Gasteiger partial charge in [-0.15, -0.1) is 0 Å². The zero-order valence-corrected chi connectivity index (χ0v) is 5.85. The lowest BCUT2D eigenvalue weighted by Crippen LogP contribution is -2.10. The Kier molecular flexibility index (Phi) is 1.36. The van der Waals surface area contributed by atoms with Crippen LogP contribution in [-0.4, -0.2) is 6.54 Å². The van der Waals surface area contributed by atoms with Crippen molar-refractivity contribution < 1.29 is 0 Å². The van der Waals surface area contributed by atoms with Gasteiger partial charge in [-0.05, 0) is 18.3 Å². The summed E-state index contributed by atoms with van der Waals surface area (Å²) in [5, 5.41) is 3.09. The summed E-state index contributed by atoms with van der Waals surface area (Å²) in [6.45, 7) is 3.47. The van der Waals surface area contributed by atoms with E-state index in [0.717, 1.165) is 6.54 Å². The van der Waals surface area contributed by atoms with Gasteiger partial charge in [0.05, 0.1) is 0 Å². The monoisotopic (exact) mass is 117 g/mol. The summed E-state index contributed by atoms with van der Waals surface area (Å²) < 4.78 is 0. The molecule has 1 rings (SSSR count). The van der Waals surface area contributed by atoms with Crippen LogP contribution in [0.4, 0.5) is 0 Å². The SMILES string of the molecule is CC1(CNP)CC1. The molecular formula is C5H12NP. The molecule has 1 aliphatic carbocycles. The Morgan fingerprint density at radius 1 is 1.71 bits per heavy atom. The fourth-order valence-corrected chi connectivity index (χ4v) is 1.13. The minimum atomic E-state index is 0.668. The molecule has 1 nitrogen and oxygen atoms in total. The Hall–Kier alpha value is 0.390. The van der Waals surface area contributed by atoms with Crippen molar-refractivity contribution in [2.75, 3.05) is 6.54 Å². The molecule has 1 unspecified atom stereocenters. The Morgan fingerprint density at radius 3 is 2.43 bits per heavy atom. The second-order valence-corrected chi connectivity index (χ2v) is 3.10. The van der Waals surface area contributed by atoms with E-state index in [1.54, 1.807) is 0 Å². The molecule has 0 amide bonds. The van der Waals surface area contributed by atoms with Crippen LogP contribution in [0, 0.1) is 5.41 Å². The summed E-state index contributed by atoms with van der Waals surface area (Å²) in [5.74, 6) is 0. The molecule has 42 valence electrons. The maximum atomic E-state index is 3.09. The van der Waals surface area contributed by atoms with E-state index in [1.165, 1.54) is 12.8 Å². The fraction of sp³-hybridized carbons (Fsp3) is 1.00. The normalized spacial score (nSPS) is 24.9. The molecule has 1 saturated carbocycles. The van der Waals surface area contributed by atoms with E-state index in [1.807, 2.05) is 0 Å². The average molecular weight is 117 g/mol. The Balaban J connectivity index is 2.13. The van der Waals surface area contributed by atoms with Crippen molar-refractivity contribution in [3.63, 3.8) is 0 Å². The summed E-state index contributed by atoms with van der Waals surface area (Å²) in [7, 11) is 2.53. The van der Waals surface area contributed by atoms with E-state index in [2.05, 4.69) is 21.4 Å². The van der Waals surface area contributed by atoms with Crippen molar-refractivity contribution in [3.05, 3.63) is 0 Å². The van der Waals surface area contributed by atoms with Crippen LogP contribution in [0.5, 0.6) is 0 Å². The molecule has 0 aliphatic heterocycles. The highest BCUT2D eigenvalue weighted by molar-refractivity contribution is 7.13. The summed E-state index contributed by atoms with van der Waals surface area (Å²) in [4.78, 5) is 0. The van der Waals surface area contributed by atoms with E-state index < -0.39 is 0 Å². The van der Waals surface area contributed by atoms with Gasteiger partial charge in [-0.3, -0.25) is 0 Å². The summed E-state index contributed by atoms with van der Waals surface area (Å²) in [6, 6.07) is 0. The number of hydrogen-bond acceptors (Lipinski definition) is 1. The van der Waals surface area contributed by atoms with Gasteiger partial charge < -0.3 is 5.09 Å². The lowest BCUT2D eigenvalue weighted by atomic mass is 10.2. The Labute approximate surface area is 47.1 Å². The van der Waals surface area contributed by atoms with Crippen molar-refractivity contribution in [1.82, 2.24) is 5.09 Å². The zero-order chi connectivity index (χ0) is 5.33. The first-order valence-corrected chi connectivity index (χ1v) is 3.28. The Bertz CT molecular complexity index is 68.5. The van der Waals surface area contributed by atoms with Crippen LogP contribution in [0.1, 0.15) is 19.8 Å². The van der Waals surface area contributed by atoms with E-state index >= 15 is 0 Å². The zero-order valence-electron chi connectivity index (χ0n) is 4.70. The molecule has 0 aromatic carbocycles. The lowest BCUT2D eigenvalue weighted by Gasteiger charge is -2.03. The van der Waals surface area contributed by atoms with Gasteiger partial charge in [0.15, 0.2) is 0 Å². The highest BCUT2D eigenvalue weighted by Gasteiger charge is 2.35. The van der Waals surface area contributed by atoms with Crippen molar-refractivity contribution >= 4 is 9.39 Å². The van der Waals surface area contributed by atoms with Crippen molar-refractivity contribution in [2.24, 2.45) is 5.41 Å². The minimum Gasteiger partial charge on any atom is -0.300 e. The molecule has 1 fully saturated rings. The largest absolute Gasteiger partial charge is 0.300 e. The number of rotatable bonds is 2. The molecule has 0 spiro atoms. The molecule has 0 aromatic heterocycles. The molecule has 1 N–H and O–H groups in total. The first-order chi connectivity index (χ1) is 3.27. The van der Waals surface area contributed by atoms with Gasteiger partial charge in [-0.2, -0.15) is 0 Å². The predicted octanol–water partition coefficient (Wildman–Crippen LogP) is 1.17. The second kappa shape index (κ2) is 1.72. The van der Waals surface area contributed by atoms with Crippen LogP contribution in [-0.2, 0) is 0 Å². The van der Waals surface area contributed by atoms with Crippen molar-refractivity contribution in [3.8, 4) is 0 Å². The molecule has 1 aliphatic rings. The van der Waals surface area contributed by atoms with Gasteiger partial charge in [0.1, 0.15) is 0 Å².